The molecule has 1 heterocycles. The lowest BCUT2D eigenvalue weighted by Crippen LogP contribution is -2.23. The molecular formula is C15H22O3S. The normalized spacial score (nSPS) is 19.2. The Kier molecular flexibility index (Phi) is 5.86. The Balaban J connectivity index is 2.06. The summed E-state index contributed by atoms with van der Waals surface area (Å²) >= 11 is 1.95. The Morgan fingerprint density at radius 3 is 2.95 bits per heavy atom. The van der Waals surface area contributed by atoms with E-state index >= 15 is 0 Å². The molecule has 0 bridgehead atoms. The number of methoxy groups -OCH3 is 1. The highest BCUT2D eigenvalue weighted by Crippen LogP contribution is 2.31. The molecule has 2 rings (SSSR count). The van der Waals surface area contributed by atoms with Crippen LogP contribution in [0.15, 0.2) is 18.2 Å². The van der Waals surface area contributed by atoms with E-state index in [1.165, 1.54) is 17.7 Å². The Hall–Kier alpha value is -0.870. The molecule has 1 fully saturated rings. The molecule has 106 valence electrons. The van der Waals surface area contributed by atoms with Gasteiger partial charge in [-0.25, -0.2) is 0 Å². The maximum Gasteiger partial charge on any atom is 0.161 e. The molecule has 1 aromatic rings. The van der Waals surface area contributed by atoms with Crippen LogP contribution in [0.5, 0.6) is 11.5 Å². The van der Waals surface area contributed by atoms with Crippen molar-refractivity contribution in [3.63, 3.8) is 0 Å². The van der Waals surface area contributed by atoms with Crippen LogP contribution < -0.4 is 9.47 Å². The Morgan fingerprint density at radius 1 is 1.37 bits per heavy atom. The third-order valence-electron chi connectivity index (χ3n) is 3.26. The summed E-state index contributed by atoms with van der Waals surface area (Å²) in [5.74, 6) is 3.94. The first kappa shape index (κ1) is 14.5. The molecule has 1 atom stereocenters. The number of aliphatic hydroxyl groups excluding tert-OH is 1. The Morgan fingerprint density at radius 2 is 2.26 bits per heavy atom. The highest BCUT2D eigenvalue weighted by molar-refractivity contribution is 7.99. The lowest BCUT2D eigenvalue weighted by molar-refractivity contribution is 0.202. The monoisotopic (exact) mass is 282 g/mol. The van der Waals surface area contributed by atoms with Crippen molar-refractivity contribution in [1.82, 2.24) is 0 Å². The molecule has 1 unspecified atom stereocenters. The number of ether oxygens (including phenoxy) is 2. The summed E-state index contributed by atoms with van der Waals surface area (Å²) < 4.78 is 11.5. The van der Waals surface area contributed by atoms with E-state index in [9.17, 15) is 0 Å². The van der Waals surface area contributed by atoms with Crippen molar-refractivity contribution in [2.24, 2.45) is 0 Å². The molecule has 1 aliphatic rings. The number of hydrogen-bond acceptors (Lipinski definition) is 4. The van der Waals surface area contributed by atoms with Gasteiger partial charge in [-0.05, 0) is 49.1 Å². The van der Waals surface area contributed by atoms with Gasteiger partial charge in [-0.15, -0.1) is 0 Å². The van der Waals surface area contributed by atoms with Crippen molar-refractivity contribution >= 4 is 11.8 Å². The van der Waals surface area contributed by atoms with Gasteiger partial charge in [-0.3, -0.25) is 0 Å². The van der Waals surface area contributed by atoms with Crippen LogP contribution in [0.25, 0.3) is 0 Å². The summed E-state index contributed by atoms with van der Waals surface area (Å²) in [4.78, 5) is 0. The highest BCUT2D eigenvalue weighted by Gasteiger charge is 2.17. The number of rotatable bonds is 6. The van der Waals surface area contributed by atoms with Gasteiger partial charge in [-0.2, -0.15) is 11.8 Å². The quantitative estimate of drug-likeness (QED) is 0.871. The van der Waals surface area contributed by atoms with Crippen LogP contribution in [0.1, 0.15) is 24.8 Å². The number of benzene rings is 1. The SMILES string of the molecule is COc1ccc(CCCO)cc1OC1CCCSC1. The van der Waals surface area contributed by atoms with E-state index in [1.807, 2.05) is 30.0 Å². The second-order valence-electron chi connectivity index (χ2n) is 4.77. The molecule has 0 aromatic heterocycles. The molecule has 0 radical (unpaired) electrons. The third kappa shape index (κ3) is 4.32. The van der Waals surface area contributed by atoms with Crippen LogP contribution in [0.4, 0.5) is 0 Å². The molecule has 1 N–H and O–H groups in total. The van der Waals surface area contributed by atoms with Gasteiger partial charge in [0.05, 0.1) is 7.11 Å². The Bertz CT molecular complexity index is 389. The molecule has 0 saturated carbocycles. The van der Waals surface area contributed by atoms with Gasteiger partial charge in [0.1, 0.15) is 6.10 Å². The van der Waals surface area contributed by atoms with E-state index in [0.29, 0.717) is 6.10 Å². The van der Waals surface area contributed by atoms with Crippen molar-refractivity contribution < 1.29 is 14.6 Å². The number of aliphatic hydroxyl groups is 1. The average Bonchev–Trinajstić information content (AvgIpc) is 2.46. The summed E-state index contributed by atoms with van der Waals surface area (Å²) in [6, 6.07) is 6.04. The van der Waals surface area contributed by atoms with E-state index in [1.54, 1.807) is 7.11 Å². The molecule has 3 nitrogen and oxygen atoms in total. The molecule has 19 heavy (non-hydrogen) atoms. The number of aryl methyl sites for hydroxylation is 1. The third-order valence-corrected chi connectivity index (χ3v) is 4.45. The zero-order valence-corrected chi connectivity index (χ0v) is 12.2. The van der Waals surface area contributed by atoms with Crippen LogP contribution in [0, 0.1) is 0 Å². The summed E-state index contributed by atoms with van der Waals surface area (Å²) in [6.45, 7) is 0.224. The summed E-state index contributed by atoms with van der Waals surface area (Å²) in [5.41, 5.74) is 1.19. The highest BCUT2D eigenvalue weighted by atomic mass is 32.2. The fourth-order valence-corrected chi connectivity index (χ4v) is 3.27. The van der Waals surface area contributed by atoms with E-state index in [0.717, 1.165) is 36.5 Å². The minimum atomic E-state index is 0.224. The summed E-state index contributed by atoms with van der Waals surface area (Å²) in [6.07, 6.45) is 4.29. The molecule has 1 aromatic carbocycles. The van der Waals surface area contributed by atoms with Crippen LogP contribution in [0.2, 0.25) is 0 Å². The second kappa shape index (κ2) is 7.65. The molecule has 1 saturated heterocycles. The van der Waals surface area contributed by atoms with E-state index in [-0.39, 0.29) is 6.61 Å². The largest absolute Gasteiger partial charge is 0.493 e. The zero-order chi connectivity index (χ0) is 13.5. The van der Waals surface area contributed by atoms with Crippen molar-refractivity contribution in [3.05, 3.63) is 23.8 Å². The predicted octanol–water partition coefficient (Wildman–Crippen LogP) is 2.89. The summed E-state index contributed by atoms with van der Waals surface area (Å²) in [7, 11) is 1.67. The topological polar surface area (TPSA) is 38.7 Å². The fourth-order valence-electron chi connectivity index (χ4n) is 2.24. The van der Waals surface area contributed by atoms with Crippen molar-refractivity contribution in [1.29, 1.82) is 0 Å². The first-order valence-electron chi connectivity index (χ1n) is 6.85. The van der Waals surface area contributed by atoms with Gasteiger partial charge in [0.2, 0.25) is 0 Å². The first-order valence-corrected chi connectivity index (χ1v) is 8.01. The van der Waals surface area contributed by atoms with Crippen molar-refractivity contribution in [3.8, 4) is 11.5 Å². The molecule has 0 amide bonds. The van der Waals surface area contributed by atoms with Gasteiger partial charge >= 0.3 is 0 Å². The zero-order valence-electron chi connectivity index (χ0n) is 11.4. The fraction of sp³-hybridized carbons (Fsp3) is 0.600. The maximum absolute atomic E-state index is 8.90. The molecule has 0 spiro atoms. The van der Waals surface area contributed by atoms with Crippen molar-refractivity contribution in [2.45, 2.75) is 31.8 Å². The minimum Gasteiger partial charge on any atom is -0.493 e. The standard InChI is InChI=1S/C15H22O3S/c1-17-14-7-6-12(4-2-8-16)10-15(14)18-13-5-3-9-19-11-13/h6-7,10,13,16H,2-5,8-9,11H2,1H3. The minimum absolute atomic E-state index is 0.224. The maximum atomic E-state index is 8.90. The molecule has 4 heteroatoms. The van der Waals surface area contributed by atoms with E-state index < -0.39 is 0 Å². The molecular weight excluding hydrogens is 260 g/mol. The van der Waals surface area contributed by atoms with E-state index in [2.05, 4.69) is 0 Å². The second-order valence-corrected chi connectivity index (χ2v) is 5.92. The first-order chi connectivity index (χ1) is 9.33. The van der Waals surface area contributed by atoms with Crippen LogP contribution >= 0.6 is 11.8 Å². The van der Waals surface area contributed by atoms with Crippen molar-refractivity contribution in [2.75, 3.05) is 25.2 Å². The lowest BCUT2D eigenvalue weighted by Gasteiger charge is -2.24. The van der Waals surface area contributed by atoms with Gasteiger partial charge < -0.3 is 14.6 Å². The van der Waals surface area contributed by atoms with Gasteiger partial charge in [-0.1, -0.05) is 6.07 Å². The Labute approximate surface area is 119 Å². The van der Waals surface area contributed by atoms with E-state index in [4.69, 9.17) is 14.6 Å². The predicted molar refractivity (Wildman–Crippen MR) is 79.4 cm³/mol. The van der Waals surface area contributed by atoms with Gasteiger partial charge in [0.25, 0.3) is 0 Å². The smallest absolute Gasteiger partial charge is 0.161 e. The lowest BCUT2D eigenvalue weighted by atomic mass is 10.1. The van der Waals surface area contributed by atoms with Crippen LogP contribution in [-0.2, 0) is 6.42 Å². The summed E-state index contributed by atoms with van der Waals surface area (Å²) in [5, 5.41) is 8.90. The molecule has 1 aliphatic heterocycles. The number of hydrogen-bond donors (Lipinski definition) is 1. The van der Waals surface area contributed by atoms with Gasteiger partial charge in [0.15, 0.2) is 11.5 Å². The average molecular weight is 282 g/mol. The number of thioether (sulfide) groups is 1. The molecule has 0 aliphatic carbocycles. The van der Waals surface area contributed by atoms with Crippen LogP contribution in [0.3, 0.4) is 0 Å². The van der Waals surface area contributed by atoms with Crippen LogP contribution in [-0.4, -0.2) is 36.4 Å². The van der Waals surface area contributed by atoms with Gasteiger partial charge in [0, 0.05) is 12.4 Å².